The lowest BCUT2D eigenvalue weighted by molar-refractivity contribution is 1.44. The predicted octanol–water partition coefficient (Wildman–Crippen LogP) is 5.70. The maximum absolute atomic E-state index is 2.32. The second kappa shape index (κ2) is 6.51. The molecule has 0 fully saturated rings. The number of hydrogen-bond donors (Lipinski definition) is 0. The molecule has 4 heteroatoms. The molecule has 2 rings (SSSR count). The van der Waals surface area contributed by atoms with Crippen molar-refractivity contribution in [2.24, 2.45) is 0 Å². The number of rotatable bonds is 3. The van der Waals surface area contributed by atoms with Crippen LogP contribution in [0.1, 0.15) is 0 Å². The molecule has 0 aliphatic rings. The van der Waals surface area contributed by atoms with Gasteiger partial charge in [0.25, 0.3) is 0 Å². The average molecular weight is 470 g/mol. The Morgan fingerprint density at radius 3 is 1.19 bits per heavy atom. The fourth-order valence-corrected chi connectivity index (χ4v) is 3.73. The molecule has 0 aliphatic heterocycles. The van der Waals surface area contributed by atoms with E-state index in [4.69, 9.17) is 0 Å². The quantitative estimate of drug-likeness (QED) is 0.418. The van der Waals surface area contributed by atoms with E-state index in [1.807, 2.05) is 0 Å². The zero-order chi connectivity index (χ0) is 11.4. The van der Waals surface area contributed by atoms with E-state index in [1.165, 1.54) is 16.9 Å². The largest absolute Gasteiger partial charge is 0.0526 e. The topological polar surface area (TPSA) is 0 Å². The molecule has 2 aromatic carbocycles. The van der Waals surface area contributed by atoms with Crippen molar-refractivity contribution in [1.82, 2.24) is 0 Å². The highest BCUT2D eigenvalue weighted by Gasteiger charge is 1.97. The monoisotopic (exact) mass is 470 g/mol. The molecule has 0 aliphatic carbocycles. The first-order valence-corrected chi connectivity index (χ1v) is 8.90. The van der Waals surface area contributed by atoms with Gasteiger partial charge in [0, 0.05) is 16.9 Å². The Kier molecular flexibility index (Phi) is 5.31. The summed E-state index contributed by atoms with van der Waals surface area (Å²) in [4.78, 5) is 2.59. The highest BCUT2D eigenvalue weighted by molar-refractivity contribution is 14.1. The maximum atomic E-state index is 2.32. The van der Waals surface area contributed by atoms with Gasteiger partial charge in [0.05, 0.1) is 0 Å². The van der Waals surface area contributed by atoms with Crippen LogP contribution in [-0.4, -0.2) is 0 Å². The summed E-state index contributed by atoms with van der Waals surface area (Å²) in [6.45, 7) is 0. The number of benzene rings is 2. The zero-order valence-corrected chi connectivity index (χ0v) is 14.1. The van der Waals surface area contributed by atoms with Gasteiger partial charge in [-0.05, 0) is 93.7 Å². The molecule has 0 spiro atoms. The summed E-state index contributed by atoms with van der Waals surface area (Å²) in [5.74, 6) is 0. The highest BCUT2D eigenvalue weighted by atomic mass is 127. The van der Waals surface area contributed by atoms with E-state index in [0.29, 0.717) is 0 Å². The molecule has 0 atom stereocenters. The van der Waals surface area contributed by atoms with Gasteiger partial charge in [-0.2, -0.15) is 0 Å². The van der Waals surface area contributed by atoms with E-state index in [0.717, 1.165) is 0 Å². The van der Waals surface area contributed by atoms with Crippen molar-refractivity contribution in [2.75, 3.05) is 0 Å². The van der Waals surface area contributed by atoms with Gasteiger partial charge in [-0.1, -0.05) is 21.6 Å². The third-order valence-electron chi connectivity index (χ3n) is 1.86. The minimum atomic E-state index is 1.28. The normalized spacial score (nSPS) is 10.4. The summed E-state index contributed by atoms with van der Waals surface area (Å²) in [6.07, 6.45) is 0. The Hall–Kier alpha value is 0.600. The summed E-state index contributed by atoms with van der Waals surface area (Å²) < 4.78 is 2.56. The smallest absolute Gasteiger partial charge is 0.0187 e. The third kappa shape index (κ3) is 4.12. The van der Waals surface area contributed by atoms with Crippen molar-refractivity contribution in [3.8, 4) is 0 Å². The molecule has 2 aromatic rings. The zero-order valence-electron chi connectivity index (χ0n) is 8.19. The molecule has 0 bridgehead atoms. The van der Waals surface area contributed by atoms with Crippen LogP contribution < -0.4 is 0 Å². The van der Waals surface area contributed by atoms with Gasteiger partial charge >= 0.3 is 0 Å². The molecule has 0 saturated carbocycles. The van der Waals surface area contributed by atoms with Gasteiger partial charge in [-0.3, -0.25) is 0 Å². The standard InChI is InChI=1S/C12H8I2S2/c13-9-1-5-11(6-2-9)15-16-12-7-3-10(14)4-8-12/h1-8H. The van der Waals surface area contributed by atoms with Gasteiger partial charge < -0.3 is 0 Å². The van der Waals surface area contributed by atoms with Gasteiger partial charge in [-0.15, -0.1) is 0 Å². The summed E-state index contributed by atoms with van der Waals surface area (Å²) in [5.41, 5.74) is 0. The summed E-state index contributed by atoms with van der Waals surface area (Å²) in [6, 6.07) is 17.2. The van der Waals surface area contributed by atoms with Crippen LogP contribution in [0.25, 0.3) is 0 Å². The molecular formula is C12H8I2S2. The first-order valence-electron chi connectivity index (χ1n) is 4.60. The van der Waals surface area contributed by atoms with E-state index in [-0.39, 0.29) is 0 Å². The van der Waals surface area contributed by atoms with Crippen molar-refractivity contribution in [3.05, 3.63) is 55.7 Å². The van der Waals surface area contributed by atoms with Crippen LogP contribution >= 0.6 is 66.8 Å². The SMILES string of the molecule is Ic1ccc(SSc2ccc(I)cc2)cc1. The van der Waals surface area contributed by atoms with Gasteiger partial charge in [0.1, 0.15) is 0 Å². The molecule has 0 aromatic heterocycles. The summed E-state index contributed by atoms with van der Waals surface area (Å²) in [7, 11) is 3.60. The van der Waals surface area contributed by atoms with E-state index in [1.54, 1.807) is 21.6 Å². The second-order valence-electron chi connectivity index (χ2n) is 3.07. The van der Waals surface area contributed by atoms with Crippen molar-refractivity contribution in [2.45, 2.75) is 9.79 Å². The molecule has 16 heavy (non-hydrogen) atoms. The Morgan fingerprint density at radius 2 is 0.875 bits per heavy atom. The maximum Gasteiger partial charge on any atom is 0.0187 e. The summed E-state index contributed by atoms with van der Waals surface area (Å²) >= 11 is 4.65. The van der Waals surface area contributed by atoms with Gasteiger partial charge in [0.15, 0.2) is 0 Å². The first kappa shape index (κ1) is 13.0. The van der Waals surface area contributed by atoms with Crippen LogP contribution in [-0.2, 0) is 0 Å². The van der Waals surface area contributed by atoms with Gasteiger partial charge in [0.2, 0.25) is 0 Å². The molecule has 0 radical (unpaired) electrons. The number of halogens is 2. The molecule has 0 nitrogen and oxygen atoms in total. The molecule has 0 amide bonds. The molecule has 0 unspecified atom stereocenters. The van der Waals surface area contributed by atoms with Crippen molar-refractivity contribution in [1.29, 1.82) is 0 Å². The summed E-state index contributed by atoms with van der Waals surface area (Å²) in [5, 5.41) is 0. The molecule has 0 saturated heterocycles. The van der Waals surface area contributed by atoms with Crippen molar-refractivity contribution < 1.29 is 0 Å². The molecular weight excluding hydrogens is 462 g/mol. The van der Waals surface area contributed by atoms with Crippen LogP contribution in [0.4, 0.5) is 0 Å². The minimum Gasteiger partial charge on any atom is -0.0526 e. The van der Waals surface area contributed by atoms with Crippen LogP contribution in [0.2, 0.25) is 0 Å². The Balaban J connectivity index is 1.97. The van der Waals surface area contributed by atoms with E-state index < -0.39 is 0 Å². The lowest BCUT2D eigenvalue weighted by Gasteiger charge is -2.01. The van der Waals surface area contributed by atoms with E-state index >= 15 is 0 Å². The average Bonchev–Trinajstić information content (AvgIpc) is 2.30. The Labute approximate surface area is 131 Å². The molecule has 0 heterocycles. The fraction of sp³-hybridized carbons (Fsp3) is 0. The third-order valence-corrected chi connectivity index (χ3v) is 5.72. The van der Waals surface area contributed by atoms with E-state index in [2.05, 4.69) is 93.7 Å². The highest BCUT2D eigenvalue weighted by Crippen LogP contribution is 2.37. The Bertz CT molecular complexity index is 406. The second-order valence-corrected chi connectivity index (χ2v) is 7.84. The lowest BCUT2D eigenvalue weighted by atomic mass is 10.4. The lowest BCUT2D eigenvalue weighted by Crippen LogP contribution is -1.72. The number of hydrogen-bond acceptors (Lipinski definition) is 2. The van der Waals surface area contributed by atoms with Crippen LogP contribution in [0, 0.1) is 7.14 Å². The van der Waals surface area contributed by atoms with Crippen LogP contribution in [0.15, 0.2) is 58.3 Å². The predicted molar refractivity (Wildman–Crippen MR) is 90.0 cm³/mol. The van der Waals surface area contributed by atoms with Crippen molar-refractivity contribution in [3.63, 3.8) is 0 Å². The molecule has 82 valence electrons. The van der Waals surface area contributed by atoms with E-state index in [9.17, 15) is 0 Å². The molecule has 0 N–H and O–H groups in total. The minimum absolute atomic E-state index is 1.28. The van der Waals surface area contributed by atoms with Crippen molar-refractivity contribution >= 4 is 66.8 Å². The first-order chi connectivity index (χ1) is 7.74. The van der Waals surface area contributed by atoms with Crippen LogP contribution in [0.3, 0.4) is 0 Å². The van der Waals surface area contributed by atoms with Crippen LogP contribution in [0.5, 0.6) is 0 Å². The van der Waals surface area contributed by atoms with Gasteiger partial charge in [-0.25, -0.2) is 0 Å². The fourth-order valence-electron chi connectivity index (χ4n) is 1.08. The Morgan fingerprint density at radius 1 is 0.562 bits per heavy atom.